The third-order valence-corrected chi connectivity index (χ3v) is 6.06. The van der Waals surface area contributed by atoms with Gasteiger partial charge in [-0.05, 0) is 67.8 Å². The molecule has 0 saturated carbocycles. The summed E-state index contributed by atoms with van der Waals surface area (Å²) < 4.78 is 5.47. The highest BCUT2D eigenvalue weighted by molar-refractivity contribution is 5.44. The lowest BCUT2D eigenvalue weighted by Gasteiger charge is -2.54. The topological polar surface area (TPSA) is 12.5 Å². The van der Waals surface area contributed by atoms with Crippen LogP contribution in [0.2, 0.25) is 0 Å². The SMILES string of the molecule is COc1ccc2c(c1)[C@]1(C)CCN(CC=C(C)C)[C@H](C2)[C@@H]1C. The summed E-state index contributed by atoms with van der Waals surface area (Å²) in [5, 5.41) is 0. The van der Waals surface area contributed by atoms with Gasteiger partial charge in [-0.2, -0.15) is 0 Å². The number of piperidine rings is 1. The quantitative estimate of drug-likeness (QED) is 0.776. The van der Waals surface area contributed by atoms with Gasteiger partial charge in [0, 0.05) is 12.6 Å². The van der Waals surface area contributed by atoms with Gasteiger partial charge in [-0.25, -0.2) is 0 Å². The molecule has 0 unspecified atom stereocenters. The molecular weight excluding hydrogens is 270 g/mol. The Morgan fingerprint density at radius 3 is 2.86 bits per heavy atom. The molecule has 0 N–H and O–H groups in total. The van der Waals surface area contributed by atoms with Crippen molar-refractivity contribution in [3.05, 3.63) is 41.0 Å². The number of benzene rings is 1. The van der Waals surface area contributed by atoms with E-state index in [1.807, 2.05) is 0 Å². The summed E-state index contributed by atoms with van der Waals surface area (Å²) in [4.78, 5) is 2.69. The van der Waals surface area contributed by atoms with Gasteiger partial charge in [0.15, 0.2) is 0 Å². The van der Waals surface area contributed by atoms with Crippen LogP contribution in [0.15, 0.2) is 29.8 Å². The smallest absolute Gasteiger partial charge is 0.119 e. The Hall–Kier alpha value is -1.28. The van der Waals surface area contributed by atoms with Gasteiger partial charge in [-0.1, -0.05) is 31.6 Å². The minimum absolute atomic E-state index is 0.286. The van der Waals surface area contributed by atoms with Crippen molar-refractivity contribution >= 4 is 0 Å². The Balaban J connectivity index is 1.95. The number of methoxy groups -OCH3 is 1. The van der Waals surface area contributed by atoms with Gasteiger partial charge in [-0.3, -0.25) is 4.90 Å². The number of fused-ring (bicyclic) bond motifs is 4. The van der Waals surface area contributed by atoms with Crippen LogP contribution in [0.1, 0.15) is 45.2 Å². The predicted molar refractivity (Wildman–Crippen MR) is 92.6 cm³/mol. The molecule has 2 nitrogen and oxygen atoms in total. The summed E-state index contributed by atoms with van der Waals surface area (Å²) >= 11 is 0. The molecule has 22 heavy (non-hydrogen) atoms. The van der Waals surface area contributed by atoms with Crippen LogP contribution in [-0.2, 0) is 11.8 Å². The second-order valence-corrected chi connectivity index (χ2v) is 7.53. The molecule has 1 aliphatic carbocycles. The molecule has 0 spiro atoms. The molecule has 2 heteroatoms. The molecule has 1 heterocycles. The van der Waals surface area contributed by atoms with Crippen LogP contribution in [0.25, 0.3) is 0 Å². The summed E-state index contributed by atoms with van der Waals surface area (Å²) in [6.07, 6.45) is 4.78. The Morgan fingerprint density at radius 1 is 1.41 bits per heavy atom. The average Bonchev–Trinajstić information content (AvgIpc) is 2.49. The minimum Gasteiger partial charge on any atom is -0.497 e. The monoisotopic (exact) mass is 299 g/mol. The van der Waals surface area contributed by atoms with E-state index in [9.17, 15) is 0 Å². The Morgan fingerprint density at radius 2 is 2.18 bits per heavy atom. The van der Waals surface area contributed by atoms with Crippen molar-refractivity contribution in [1.82, 2.24) is 4.90 Å². The van der Waals surface area contributed by atoms with Crippen LogP contribution in [0.3, 0.4) is 0 Å². The molecule has 120 valence electrons. The van der Waals surface area contributed by atoms with Gasteiger partial charge < -0.3 is 4.74 Å². The molecule has 0 amide bonds. The molecule has 1 aromatic carbocycles. The first kappa shape index (κ1) is 15.6. The van der Waals surface area contributed by atoms with Gasteiger partial charge in [0.05, 0.1) is 7.11 Å². The molecule has 2 bridgehead atoms. The zero-order chi connectivity index (χ0) is 15.9. The standard InChI is InChI=1S/C20H29NO/c1-14(2)8-10-21-11-9-20(4)15(3)19(21)12-16-6-7-17(22-5)13-18(16)20/h6-8,13,15,19H,9-12H2,1-5H3/t15-,19+,20+/m0/s1. The fourth-order valence-corrected chi connectivity index (χ4v) is 4.34. The van der Waals surface area contributed by atoms with Crippen molar-refractivity contribution < 1.29 is 4.74 Å². The Kier molecular flexibility index (Phi) is 4.07. The van der Waals surface area contributed by atoms with E-state index >= 15 is 0 Å². The van der Waals surface area contributed by atoms with E-state index in [2.05, 4.69) is 56.9 Å². The summed E-state index contributed by atoms with van der Waals surface area (Å²) in [7, 11) is 1.77. The number of hydrogen-bond donors (Lipinski definition) is 0. The van der Waals surface area contributed by atoms with Crippen molar-refractivity contribution in [2.24, 2.45) is 5.92 Å². The average molecular weight is 299 g/mol. The fraction of sp³-hybridized carbons (Fsp3) is 0.600. The molecule has 0 aromatic heterocycles. The molecule has 0 radical (unpaired) electrons. The van der Waals surface area contributed by atoms with Crippen molar-refractivity contribution in [2.75, 3.05) is 20.2 Å². The maximum absolute atomic E-state index is 5.47. The van der Waals surface area contributed by atoms with Crippen LogP contribution in [-0.4, -0.2) is 31.1 Å². The van der Waals surface area contributed by atoms with E-state index in [1.54, 1.807) is 7.11 Å². The Labute approximate surface area is 135 Å². The largest absolute Gasteiger partial charge is 0.497 e. The number of ether oxygens (including phenoxy) is 1. The highest BCUT2D eigenvalue weighted by atomic mass is 16.5. The van der Waals surface area contributed by atoms with Crippen molar-refractivity contribution in [3.63, 3.8) is 0 Å². The van der Waals surface area contributed by atoms with Crippen LogP contribution >= 0.6 is 0 Å². The molecule has 3 atom stereocenters. The van der Waals surface area contributed by atoms with Crippen molar-refractivity contribution in [3.8, 4) is 5.75 Å². The molecule has 1 fully saturated rings. The zero-order valence-corrected chi connectivity index (χ0v) is 14.6. The molecule has 3 rings (SSSR count). The number of hydrogen-bond acceptors (Lipinski definition) is 2. The van der Waals surface area contributed by atoms with E-state index in [-0.39, 0.29) is 5.41 Å². The predicted octanol–water partition coefficient (Wildman–Crippen LogP) is 4.19. The van der Waals surface area contributed by atoms with E-state index in [4.69, 9.17) is 4.74 Å². The molecule has 1 saturated heterocycles. The van der Waals surface area contributed by atoms with Crippen molar-refractivity contribution in [2.45, 2.75) is 52.0 Å². The van der Waals surface area contributed by atoms with Gasteiger partial charge in [0.25, 0.3) is 0 Å². The number of nitrogens with zero attached hydrogens (tertiary/aromatic N) is 1. The zero-order valence-electron chi connectivity index (χ0n) is 14.6. The van der Waals surface area contributed by atoms with Crippen LogP contribution in [0.5, 0.6) is 5.75 Å². The lowest BCUT2D eigenvalue weighted by atomic mass is 9.59. The van der Waals surface area contributed by atoms with Crippen LogP contribution < -0.4 is 4.74 Å². The number of rotatable bonds is 3. The van der Waals surface area contributed by atoms with Gasteiger partial charge >= 0.3 is 0 Å². The van der Waals surface area contributed by atoms with E-state index in [0.29, 0.717) is 12.0 Å². The van der Waals surface area contributed by atoms with Gasteiger partial charge in [-0.15, -0.1) is 0 Å². The van der Waals surface area contributed by atoms with E-state index in [0.717, 1.165) is 12.3 Å². The maximum Gasteiger partial charge on any atom is 0.119 e. The number of likely N-dealkylation sites (tertiary alicyclic amines) is 1. The first-order valence-corrected chi connectivity index (χ1v) is 8.50. The lowest BCUT2D eigenvalue weighted by Crippen LogP contribution is -2.57. The normalized spacial score (nSPS) is 30.6. The molecular formula is C20H29NO. The Bertz CT molecular complexity index is 587. The fourth-order valence-electron chi connectivity index (χ4n) is 4.34. The second-order valence-electron chi connectivity index (χ2n) is 7.53. The molecule has 1 aliphatic heterocycles. The first-order chi connectivity index (χ1) is 10.5. The van der Waals surface area contributed by atoms with Crippen LogP contribution in [0, 0.1) is 5.92 Å². The summed E-state index contributed by atoms with van der Waals surface area (Å²) in [5.41, 5.74) is 4.75. The molecule has 1 aromatic rings. The first-order valence-electron chi connectivity index (χ1n) is 8.50. The van der Waals surface area contributed by atoms with Crippen molar-refractivity contribution in [1.29, 1.82) is 0 Å². The minimum atomic E-state index is 0.286. The highest BCUT2D eigenvalue weighted by Gasteiger charge is 2.48. The maximum atomic E-state index is 5.47. The van der Waals surface area contributed by atoms with E-state index in [1.165, 1.54) is 36.1 Å². The van der Waals surface area contributed by atoms with Gasteiger partial charge in [0.2, 0.25) is 0 Å². The molecule has 2 aliphatic rings. The number of allylic oxidation sites excluding steroid dienone is 1. The summed E-state index contributed by atoms with van der Waals surface area (Å²) in [6, 6.07) is 7.35. The van der Waals surface area contributed by atoms with Crippen LogP contribution in [0.4, 0.5) is 0 Å². The summed E-state index contributed by atoms with van der Waals surface area (Å²) in [6.45, 7) is 11.6. The van der Waals surface area contributed by atoms with Gasteiger partial charge in [0.1, 0.15) is 5.75 Å². The summed E-state index contributed by atoms with van der Waals surface area (Å²) in [5.74, 6) is 1.68. The van der Waals surface area contributed by atoms with E-state index < -0.39 is 0 Å². The second kappa shape index (κ2) is 5.73. The third-order valence-electron chi connectivity index (χ3n) is 6.06. The third kappa shape index (κ3) is 2.48. The lowest BCUT2D eigenvalue weighted by molar-refractivity contribution is 0.0397. The highest BCUT2D eigenvalue weighted by Crippen LogP contribution is 2.49.